The van der Waals surface area contributed by atoms with E-state index in [-0.39, 0.29) is 11.3 Å². The summed E-state index contributed by atoms with van der Waals surface area (Å²) in [7, 11) is 0. The van der Waals surface area contributed by atoms with Crippen LogP contribution in [0.2, 0.25) is 0 Å². The van der Waals surface area contributed by atoms with Crippen molar-refractivity contribution in [3.05, 3.63) is 72.4 Å². The van der Waals surface area contributed by atoms with Gasteiger partial charge in [0.1, 0.15) is 0 Å². The zero-order valence-electron chi connectivity index (χ0n) is 17.6. The van der Waals surface area contributed by atoms with E-state index in [0.29, 0.717) is 0 Å². The Morgan fingerprint density at radius 3 is 2.12 bits per heavy atom. The highest BCUT2D eigenvalue weighted by atomic mass is 14.4. The normalized spacial score (nSPS) is 15.9. The Bertz CT molecular complexity index is 534. The summed E-state index contributed by atoms with van der Waals surface area (Å²) in [5, 5.41) is 0. The minimum atomic E-state index is -0.210. The number of hydrogen-bond acceptors (Lipinski definition) is 0. The van der Waals surface area contributed by atoms with Gasteiger partial charge in [-0.25, -0.2) is 0 Å². The molecule has 0 heteroatoms. The van der Waals surface area contributed by atoms with Crippen molar-refractivity contribution in [2.45, 2.75) is 73.6 Å². The van der Waals surface area contributed by atoms with Crippen LogP contribution in [0.1, 0.15) is 73.6 Å². The van der Waals surface area contributed by atoms with E-state index in [2.05, 4.69) is 85.6 Å². The first-order valence-corrected chi connectivity index (χ1v) is 9.76. The van der Waals surface area contributed by atoms with Crippen LogP contribution in [0.4, 0.5) is 0 Å². The second kappa shape index (κ2) is 11.9. The number of allylic oxidation sites excluding steroid dienone is 9. The SMILES string of the molecule is C=CCC(CCC)=C(C=CCCC)C(C=C(C)C)(C(=C)C)C(C)C=C. The molecule has 0 aliphatic rings. The summed E-state index contributed by atoms with van der Waals surface area (Å²) in [6.07, 6.45) is 16.6. The maximum absolute atomic E-state index is 4.42. The molecule has 0 aromatic heterocycles. The molecule has 0 nitrogen and oxygen atoms in total. The first-order chi connectivity index (χ1) is 11.8. The molecule has 0 N–H and O–H groups in total. The summed E-state index contributed by atoms with van der Waals surface area (Å²) in [4.78, 5) is 0. The molecule has 0 radical (unpaired) electrons. The highest BCUT2D eigenvalue weighted by Crippen LogP contribution is 2.48. The highest BCUT2D eigenvalue weighted by Gasteiger charge is 2.37. The van der Waals surface area contributed by atoms with Crippen molar-refractivity contribution in [1.82, 2.24) is 0 Å². The van der Waals surface area contributed by atoms with E-state index in [1.54, 1.807) is 0 Å². The van der Waals surface area contributed by atoms with Crippen LogP contribution in [0.25, 0.3) is 0 Å². The van der Waals surface area contributed by atoms with Gasteiger partial charge >= 0.3 is 0 Å². The zero-order valence-corrected chi connectivity index (χ0v) is 17.6. The molecule has 0 rings (SSSR count). The largest absolute Gasteiger partial charge is 0.103 e. The number of rotatable bonds is 12. The number of hydrogen-bond donors (Lipinski definition) is 0. The topological polar surface area (TPSA) is 0 Å². The second-order valence-corrected chi connectivity index (χ2v) is 7.35. The van der Waals surface area contributed by atoms with E-state index in [1.807, 2.05) is 6.08 Å². The predicted molar refractivity (Wildman–Crippen MR) is 117 cm³/mol. The Balaban J connectivity index is 6.85. The molecular weight excluding hydrogens is 300 g/mol. The van der Waals surface area contributed by atoms with Crippen molar-refractivity contribution in [2.24, 2.45) is 11.3 Å². The van der Waals surface area contributed by atoms with Gasteiger partial charge in [0.25, 0.3) is 0 Å². The van der Waals surface area contributed by atoms with E-state index in [0.717, 1.165) is 32.1 Å². The van der Waals surface area contributed by atoms with E-state index in [1.165, 1.54) is 22.3 Å². The summed E-state index contributed by atoms with van der Waals surface area (Å²) in [6, 6.07) is 0. The fourth-order valence-corrected chi connectivity index (χ4v) is 3.58. The third kappa shape index (κ3) is 6.34. The standard InChI is InChI=1S/C25H40/c1-10-14-15-18-24(23(16-11-2)17-12-3)25(21(7)8,19-20(5)6)22(9)13-4/h11,13,15,18-19,22H,2,4,7,10,12,14,16-17H2,1,3,5-6,8-9H3. The van der Waals surface area contributed by atoms with Gasteiger partial charge in [-0.2, -0.15) is 0 Å². The maximum atomic E-state index is 4.42. The van der Waals surface area contributed by atoms with Crippen molar-refractivity contribution in [3.63, 3.8) is 0 Å². The van der Waals surface area contributed by atoms with E-state index in [4.69, 9.17) is 0 Å². The summed E-state index contributed by atoms with van der Waals surface area (Å²) in [6.45, 7) is 25.8. The molecule has 0 aliphatic heterocycles. The Labute approximate surface area is 157 Å². The fraction of sp³-hybridized carbons (Fsp3) is 0.520. The second-order valence-electron chi connectivity index (χ2n) is 7.35. The van der Waals surface area contributed by atoms with Crippen molar-refractivity contribution in [3.8, 4) is 0 Å². The summed E-state index contributed by atoms with van der Waals surface area (Å²) >= 11 is 0. The molecule has 0 heterocycles. The van der Waals surface area contributed by atoms with Crippen molar-refractivity contribution in [2.75, 3.05) is 0 Å². The zero-order chi connectivity index (χ0) is 19.5. The lowest BCUT2D eigenvalue weighted by Gasteiger charge is -2.40. The molecule has 0 spiro atoms. The molecule has 0 aromatic rings. The first-order valence-electron chi connectivity index (χ1n) is 9.76. The van der Waals surface area contributed by atoms with Crippen LogP contribution in [-0.2, 0) is 0 Å². The third-order valence-corrected chi connectivity index (χ3v) is 4.80. The molecule has 0 aromatic carbocycles. The van der Waals surface area contributed by atoms with Gasteiger partial charge in [-0.15, -0.1) is 13.2 Å². The fourth-order valence-electron chi connectivity index (χ4n) is 3.58. The van der Waals surface area contributed by atoms with Crippen LogP contribution in [0.15, 0.2) is 72.4 Å². The van der Waals surface area contributed by atoms with Gasteiger partial charge in [-0.05, 0) is 51.5 Å². The first kappa shape index (κ1) is 23.4. The predicted octanol–water partition coefficient (Wildman–Crippen LogP) is 8.37. The molecule has 0 saturated carbocycles. The molecule has 2 atom stereocenters. The molecule has 25 heavy (non-hydrogen) atoms. The van der Waals surface area contributed by atoms with E-state index < -0.39 is 0 Å². The molecule has 0 amide bonds. The lowest BCUT2D eigenvalue weighted by atomic mass is 9.63. The molecular formula is C25H40. The minimum Gasteiger partial charge on any atom is -0.103 e. The molecule has 140 valence electrons. The minimum absolute atomic E-state index is 0.210. The van der Waals surface area contributed by atoms with Crippen LogP contribution < -0.4 is 0 Å². The van der Waals surface area contributed by atoms with Gasteiger partial charge < -0.3 is 0 Å². The molecule has 2 unspecified atom stereocenters. The van der Waals surface area contributed by atoms with E-state index in [9.17, 15) is 0 Å². The molecule has 0 aliphatic carbocycles. The highest BCUT2D eigenvalue weighted by molar-refractivity contribution is 5.46. The molecule has 0 saturated heterocycles. The van der Waals surface area contributed by atoms with Crippen LogP contribution in [0, 0.1) is 11.3 Å². The third-order valence-electron chi connectivity index (χ3n) is 4.80. The van der Waals surface area contributed by atoms with Crippen molar-refractivity contribution in [1.29, 1.82) is 0 Å². The van der Waals surface area contributed by atoms with Crippen molar-refractivity contribution >= 4 is 0 Å². The Morgan fingerprint density at radius 1 is 1.08 bits per heavy atom. The van der Waals surface area contributed by atoms with Gasteiger partial charge in [0.2, 0.25) is 0 Å². The Morgan fingerprint density at radius 2 is 1.72 bits per heavy atom. The van der Waals surface area contributed by atoms with Gasteiger partial charge in [0, 0.05) is 5.41 Å². The Kier molecular flexibility index (Phi) is 11.2. The smallest absolute Gasteiger partial charge is 0.0398 e. The average Bonchev–Trinajstić information content (AvgIpc) is 2.55. The van der Waals surface area contributed by atoms with Crippen LogP contribution in [0.5, 0.6) is 0 Å². The average molecular weight is 341 g/mol. The lowest BCUT2D eigenvalue weighted by Crippen LogP contribution is -2.30. The van der Waals surface area contributed by atoms with Crippen LogP contribution in [-0.4, -0.2) is 0 Å². The van der Waals surface area contributed by atoms with E-state index >= 15 is 0 Å². The Hall–Kier alpha value is -1.56. The summed E-state index contributed by atoms with van der Waals surface area (Å²) in [5.74, 6) is 0.276. The van der Waals surface area contributed by atoms with Gasteiger partial charge in [0.15, 0.2) is 0 Å². The lowest BCUT2D eigenvalue weighted by molar-refractivity contribution is 0.426. The molecule has 0 fully saturated rings. The summed E-state index contributed by atoms with van der Waals surface area (Å²) in [5.41, 5.74) is 5.14. The molecule has 0 bridgehead atoms. The quantitative estimate of drug-likeness (QED) is 0.247. The maximum Gasteiger partial charge on any atom is 0.0398 e. The van der Waals surface area contributed by atoms with Gasteiger partial charge in [-0.3, -0.25) is 0 Å². The van der Waals surface area contributed by atoms with Crippen LogP contribution in [0.3, 0.4) is 0 Å². The number of unbranched alkanes of at least 4 members (excludes halogenated alkanes) is 1. The van der Waals surface area contributed by atoms with Crippen LogP contribution >= 0.6 is 0 Å². The van der Waals surface area contributed by atoms with Gasteiger partial charge in [-0.1, -0.05) is 87.3 Å². The van der Waals surface area contributed by atoms with Gasteiger partial charge in [0.05, 0.1) is 0 Å². The van der Waals surface area contributed by atoms with Crippen molar-refractivity contribution < 1.29 is 0 Å². The monoisotopic (exact) mass is 340 g/mol. The summed E-state index contributed by atoms with van der Waals surface area (Å²) < 4.78 is 0.